The number of aryl methyl sites for hydroxylation is 1. The Morgan fingerprint density at radius 3 is 2.28 bits per heavy atom. The standard InChI is InChI=1S/C26H31F6N3O3S/c1-7-19(26(30,31)32)14-13-17(4)38-23-21(8-2)22(33-35(23)9-3)18-11-10-12-20(15-18)24(5,6)34-39(36,37)16-25(27,28)29/h7,10-15,34H,4,8-9,16H2,1-3,5-6H3. The van der Waals surface area contributed by atoms with Gasteiger partial charge >= 0.3 is 12.4 Å². The Morgan fingerprint density at radius 1 is 1.13 bits per heavy atom. The van der Waals surface area contributed by atoms with Crippen LogP contribution in [-0.4, -0.2) is 36.3 Å². The summed E-state index contributed by atoms with van der Waals surface area (Å²) < 4.78 is 111. The van der Waals surface area contributed by atoms with Gasteiger partial charge in [0.2, 0.25) is 15.9 Å². The number of rotatable bonds is 11. The molecule has 0 fully saturated rings. The van der Waals surface area contributed by atoms with Crippen molar-refractivity contribution in [2.24, 2.45) is 0 Å². The molecule has 0 atom stereocenters. The normalized spacial score (nSPS) is 13.8. The second-order valence-corrected chi connectivity index (χ2v) is 10.8. The number of hydrogen-bond donors (Lipinski definition) is 1. The topological polar surface area (TPSA) is 73.2 Å². The number of benzene rings is 1. The van der Waals surface area contributed by atoms with Crippen LogP contribution in [-0.2, 0) is 28.5 Å². The van der Waals surface area contributed by atoms with E-state index >= 15 is 0 Å². The van der Waals surface area contributed by atoms with E-state index < -0.39 is 39.2 Å². The molecule has 1 aromatic carbocycles. The van der Waals surface area contributed by atoms with Crippen LogP contribution in [0.4, 0.5) is 26.3 Å². The first-order chi connectivity index (χ1) is 17.8. The third kappa shape index (κ3) is 8.72. The van der Waals surface area contributed by atoms with E-state index in [0.29, 0.717) is 35.3 Å². The molecule has 0 radical (unpaired) electrons. The van der Waals surface area contributed by atoms with Gasteiger partial charge in [-0.25, -0.2) is 17.8 Å². The van der Waals surface area contributed by atoms with E-state index in [0.717, 1.165) is 18.2 Å². The monoisotopic (exact) mass is 579 g/mol. The lowest BCUT2D eigenvalue weighted by Crippen LogP contribution is -2.44. The van der Waals surface area contributed by atoms with E-state index in [9.17, 15) is 34.8 Å². The molecule has 0 aliphatic heterocycles. The highest BCUT2D eigenvalue weighted by molar-refractivity contribution is 7.89. The van der Waals surface area contributed by atoms with E-state index in [2.05, 4.69) is 16.4 Å². The number of alkyl halides is 6. The number of nitrogens with zero attached hydrogens (tertiary/aromatic N) is 2. The van der Waals surface area contributed by atoms with Gasteiger partial charge in [0.1, 0.15) is 5.76 Å². The van der Waals surface area contributed by atoms with Gasteiger partial charge in [0, 0.05) is 17.7 Å². The summed E-state index contributed by atoms with van der Waals surface area (Å²) in [6.07, 6.45) is -6.14. The fraction of sp³-hybridized carbons (Fsp3) is 0.423. The zero-order chi connectivity index (χ0) is 29.8. The van der Waals surface area contributed by atoms with Gasteiger partial charge in [-0.15, -0.1) is 0 Å². The van der Waals surface area contributed by atoms with E-state index in [-0.39, 0.29) is 11.6 Å². The zero-order valence-electron chi connectivity index (χ0n) is 22.2. The molecule has 39 heavy (non-hydrogen) atoms. The van der Waals surface area contributed by atoms with Crippen LogP contribution in [0.3, 0.4) is 0 Å². The number of allylic oxidation sites excluding steroid dienone is 4. The number of aromatic nitrogens is 2. The van der Waals surface area contributed by atoms with Gasteiger partial charge in [0.25, 0.3) is 0 Å². The van der Waals surface area contributed by atoms with Crippen molar-refractivity contribution < 1.29 is 39.5 Å². The highest BCUT2D eigenvalue weighted by Gasteiger charge is 2.38. The van der Waals surface area contributed by atoms with E-state index in [1.54, 1.807) is 31.2 Å². The summed E-state index contributed by atoms with van der Waals surface area (Å²) in [5.41, 5.74) is -0.245. The van der Waals surface area contributed by atoms with Gasteiger partial charge in [-0.3, -0.25) is 0 Å². The molecule has 0 saturated carbocycles. The highest BCUT2D eigenvalue weighted by atomic mass is 32.2. The molecule has 0 saturated heterocycles. The minimum Gasteiger partial charge on any atom is -0.440 e. The van der Waals surface area contributed by atoms with Crippen molar-refractivity contribution in [2.45, 2.75) is 65.5 Å². The van der Waals surface area contributed by atoms with Crippen LogP contribution in [0, 0.1) is 0 Å². The highest BCUT2D eigenvalue weighted by Crippen LogP contribution is 2.35. The molecule has 2 rings (SSSR count). The van der Waals surface area contributed by atoms with Crippen molar-refractivity contribution in [3.8, 4) is 17.1 Å². The van der Waals surface area contributed by atoms with Gasteiger partial charge in [0.15, 0.2) is 5.75 Å². The van der Waals surface area contributed by atoms with Crippen LogP contribution in [0.15, 0.2) is 60.4 Å². The number of nitrogens with one attached hydrogen (secondary N) is 1. The fourth-order valence-electron chi connectivity index (χ4n) is 3.81. The zero-order valence-corrected chi connectivity index (χ0v) is 23.0. The van der Waals surface area contributed by atoms with Crippen molar-refractivity contribution in [1.29, 1.82) is 0 Å². The molecule has 1 aromatic heterocycles. The molecule has 6 nitrogen and oxygen atoms in total. The lowest BCUT2D eigenvalue weighted by molar-refractivity contribution is -0.106. The van der Waals surface area contributed by atoms with Crippen LogP contribution in [0.25, 0.3) is 11.3 Å². The molecule has 13 heteroatoms. The Kier molecular flexibility index (Phi) is 9.88. The SMILES string of the molecule is C=C(C=CC(=CC)C(F)(F)F)Oc1c(CC)c(-c2cccc(C(C)(C)NS(=O)(=O)CC(F)(F)F)c2)nn1CC. The summed E-state index contributed by atoms with van der Waals surface area (Å²) in [6.45, 7) is 11.8. The molecular formula is C26H31F6N3O3S. The van der Waals surface area contributed by atoms with E-state index in [1.807, 2.05) is 6.92 Å². The molecule has 1 N–H and O–H groups in total. The number of halogens is 6. The van der Waals surface area contributed by atoms with Gasteiger partial charge in [-0.2, -0.15) is 31.4 Å². The van der Waals surface area contributed by atoms with Crippen molar-refractivity contribution in [3.05, 3.63) is 71.5 Å². The summed E-state index contributed by atoms with van der Waals surface area (Å²) in [5, 5.41) is 4.57. The Balaban J connectivity index is 2.45. The van der Waals surface area contributed by atoms with Crippen molar-refractivity contribution in [1.82, 2.24) is 14.5 Å². The quantitative estimate of drug-likeness (QED) is 0.180. The molecule has 1 heterocycles. The van der Waals surface area contributed by atoms with Gasteiger partial charge in [-0.05, 0) is 57.9 Å². The average molecular weight is 580 g/mol. The Labute approximate surface area is 224 Å². The lowest BCUT2D eigenvalue weighted by atomic mass is 9.92. The molecule has 2 aromatic rings. The fourth-order valence-corrected chi connectivity index (χ4v) is 5.21. The largest absolute Gasteiger partial charge is 0.440 e. The molecule has 0 aliphatic carbocycles. The predicted octanol–water partition coefficient (Wildman–Crippen LogP) is 6.81. The first kappa shape index (κ1) is 32.2. The van der Waals surface area contributed by atoms with Crippen LogP contribution < -0.4 is 9.46 Å². The van der Waals surface area contributed by atoms with E-state index in [4.69, 9.17) is 4.74 Å². The molecule has 216 valence electrons. The average Bonchev–Trinajstić information content (AvgIpc) is 3.13. The Hall–Kier alpha value is -3.06. The van der Waals surface area contributed by atoms with Crippen molar-refractivity contribution in [3.63, 3.8) is 0 Å². The summed E-state index contributed by atoms with van der Waals surface area (Å²) >= 11 is 0. The van der Waals surface area contributed by atoms with Gasteiger partial charge in [0.05, 0.1) is 16.8 Å². The minimum atomic E-state index is -4.90. The lowest BCUT2D eigenvalue weighted by Gasteiger charge is -2.27. The molecule has 0 unspecified atom stereocenters. The maximum absolute atomic E-state index is 13.0. The van der Waals surface area contributed by atoms with Crippen molar-refractivity contribution in [2.75, 3.05) is 5.75 Å². The molecule has 0 aliphatic rings. The van der Waals surface area contributed by atoms with Gasteiger partial charge < -0.3 is 4.74 Å². The first-order valence-electron chi connectivity index (χ1n) is 11.9. The predicted molar refractivity (Wildman–Crippen MR) is 137 cm³/mol. The maximum Gasteiger partial charge on any atom is 0.416 e. The van der Waals surface area contributed by atoms with Crippen LogP contribution in [0.2, 0.25) is 0 Å². The number of sulfonamides is 1. The third-order valence-electron chi connectivity index (χ3n) is 5.59. The van der Waals surface area contributed by atoms with Crippen LogP contribution >= 0.6 is 0 Å². The Morgan fingerprint density at radius 2 is 1.77 bits per heavy atom. The number of ether oxygens (including phenoxy) is 1. The number of hydrogen-bond acceptors (Lipinski definition) is 4. The van der Waals surface area contributed by atoms with Gasteiger partial charge in [-0.1, -0.05) is 37.8 Å². The summed E-state index contributed by atoms with van der Waals surface area (Å²) in [5.74, 6) is -1.79. The summed E-state index contributed by atoms with van der Waals surface area (Å²) in [4.78, 5) is 0. The molecule has 0 amide bonds. The third-order valence-corrected chi connectivity index (χ3v) is 7.12. The molecule has 0 spiro atoms. The Bertz CT molecular complexity index is 1350. The smallest absolute Gasteiger partial charge is 0.416 e. The van der Waals surface area contributed by atoms with E-state index in [1.165, 1.54) is 25.5 Å². The summed E-state index contributed by atoms with van der Waals surface area (Å²) in [6, 6.07) is 6.50. The second-order valence-electron chi connectivity index (χ2n) is 9.13. The van der Waals surface area contributed by atoms with Crippen LogP contribution in [0.5, 0.6) is 5.88 Å². The molecule has 0 bridgehead atoms. The van der Waals surface area contributed by atoms with Crippen LogP contribution in [0.1, 0.15) is 45.7 Å². The van der Waals surface area contributed by atoms with Crippen molar-refractivity contribution >= 4 is 10.0 Å². The minimum absolute atomic E-state index is 0.0524. The second kappa shape index (κ2) is 12.0. The maximum atomic E-state index is 13.0. The summed E-state index contributed by atoms with van der Waals surface area (Å²) in [7, 11) is -4.68. The molecular weight excluding hydrogens is 548 g/mol. The first-order valence-corrected chi connectivity index (χ1v) is 13.6.